The average molecular weight is 307 g/mol. The summed E-state index contributed by atoms with van der Waals surface area (Å²) in [7, 11) is 0. The first-order valence-electron chi connectivity index (χ1n) is 8.30. The lowest BCUT2D eigenvalue weighted by atomic mass is 9.99. The van der Waals surface area contributed by atoms with Gasteiger partial charge in [0.25, 0.3) is 0 Å². The summed E-state index contributed by atoms with van der Waals surface area (Å²) in [5.41, 5.74) is 1.14. The average Bonchev–Trinajstić information content (AvgIpc) is 2.50. The highest BCUT2D eigenvalue weighted by molar-refractivity contribution is 5.66. The Hall–Kier alpha value is -1.55. The molecule has 0 amide bonds. The monoisotopic (exact) mass is 307 g/mol. The standard InChI is InChI=1S/C18H29NO3/c1-3-5-16(6-4-2)14-22-17-9-7-15(8-10-17)13-19-12-11-18(20)21/h7-10,16,19H,3-6,11-14H2,1-2H3,(H,20,21). The number of hydrogen-bond acceptors (Lipinski definition) is 3. The number of benzene rings is 1. The third kappa shape index (κ3) is 8.03. The Morgan fingerprint density at radius 1 is 1.18 bits per heavy atom. The van der Waals surface area contributed by atoms with Crippen LogP contribution >= 0.6 is 0 Å². The van der Waals surface area contributed by atoms with Crippen LogP contribution in [0.2, 0.25) is 0 Å². The Morgan fingerprint density at radius 3 is 2.36 bits per heavy atom. The van der Waals surface area contributed by atoms with Crippen LogP contribution in [0.1, 0.15) is 51.5 Å². The lowest BCUT2D eigenvalue weighted by molar-refractivity contribution is -0.136. The van der Waals surface area contributed by atoms with Crippen LogP contribution in [0.4, 0.5) is 0 Å². The molecule has 0 aliphatic rings. The van der Waals surface area contributed by atoms with Crippen molar-refractivity contribution in [3.8, 4) is 5.75 Å². The zero-order chi connectivity index (χ0) is 16.2. The van der Waals surface area contributed by atoms with Gasteiger partial charge in [-0.1, -0.05) is 38.8 Å². The van der Waals surface area contributed by atoms with Gasteiger partial charge in [0.05, 0.1) is 13.0 Å². The van der Waals surface area contributed by atoms with E-state index < -0.39 is 5.97 Å². The van der Waals surface area contributed by atoms with Crippen molar-refractivity contribution in [2.75, 3.05) is 13.2 Å². The first-order chi connectivity index (χ1) is 10.7. The van der Waals surface area contributed by atoms with Crippen molar-refractivity contribution in [3.63, 3.8) is 0 Å². The third-order valence-electron chi connectivity index (χ3n) is 3.65. The van der Waals surface area contributed by atoms with E-state index in [4.69, 9.17) is 9.84 Å². The number of nitrogens with one attached hydrogen (secondary N) is 1. The molecular weight excluding hydrogens is 278 g/mol. The van der Waals surface area contributed by atoms with E-state index in [1.807, 2.05) is 24.3 Å². The van der Waals surface area contributed by atoms with E-state index in [1.54, 1.807) is 0 Å². The van der Waals surface area contributed by atoms with Crippen molar-refractivity contribution < 1.29 is 14.6 Å². The second-order valence-corrected chi connectivity index (χ2v) is 5.72. The Balaban J connectivity index is 2.32. The normalized spacial score (nSPS) is 10.9. The number of carboxylic acids is 1. The molecule has 0 fully saturated rings. The van der Waals surface area contributed by atoms with Crippen molar-refractivity contribution in [2.24, 2.45) is 5.92 Å². The minimum absolute atomic E-state index is 0.150. The highest BCUT2D eigenvalue weighted by Crippen LogP contribution is 2.17. The predicted octanol–water partition coefficient (Wildman–Crippen LogP) is 3.85. The first-order valence-corrected chi connectivity index (χ1v) is 8.30. The van der Waals surface area contributed by atoms with E-state index in [0.717, 1.165) is 17.9 Å². The van der Waals surface area contributed by atoms with Gasteiger partial charge in [0.2, 0.25) is 0 Å². The second-order valence-electron chi connectivity index (χ2n) is 5.72. The van der Waals surface area contributed by atoms with Crippen molar-refractivity contribution in [3.05, 3.63) is 29.8 Å². The Morgan fingerprint density at radius 2 is 1.82 bits per heavy atom. The van der Waals surface area contributed by atoms with Crippen molar-refractivity contribution in [2.45, 2.75) is 52.5 Å². The predicted molar refractivity (Wildman–Crippen MR) is 89.2 cm³/mol. The molecule has 0 bridgehead atoms. The minimum Gasteiger partial charge on any atom is -0.493 e. The molecular formula is C18H29NO3. The summed E-state index contributed by atoms with van der Waals surface area (Å²) in [6.07, 6.45) is 5.00. The van der Waals surface area contributed by atoms with E-state index in [1.165, 1.54) is 25.7 Å². The highest BCUT2D eigenvalue weighted by atomic mass is 16.5. The summed E-state index contributed by atoms with van der Waals surface area (Å²) in [6, 6.07) is 8.03. The molecule has 0 heterocycles. The molecule has 1 aromatic carbocycles. The molecule has 0 spiro atoms. The Bertz CT molecular complexity index is 411. The molecule has 1 aromatic rings. The van der Waals surface area contributed by atoms with E-state index >= 15 is 0 Å². The topological polar surface area (TPSA) is 58.6 Å². The highest BCUT2D eigenvalue weighted by Gasteiger charge is 2.07. The molecule has 124 valence electrons. The van der Waals surface area contributed by atoms with E-state index in [0.29, 0.717) is 19.0 Å². The molecule has 0 atom stereocenters. The summed E-state index contributed by atoms with van der Waals surface area (Å²) in [6.45, 7) is 6.40. The van der Waals surface area contributed by atoms with Gasteiger partial charge in [0.15, 0.2) is 0 Å². The van der Waals surface area contributed by atoms with Crippen LogP contribution in [-0.2, 0) is 11.3 Å². The van der Waals surface area contributed by atoms with Crippen LogP contribution in [-0.4, -0.2) is 24.2 Å². The van der Waals surface area contributed by atoms with Crippen LogP contribution in [0.25, 0.3) is 0 Å². The van der Waals surface area contributed by atoms with E-state index in [2.05, 4.69) is 19.2 Å². The zero-order valence-corrected chi connectivity index (χ0v) is 13.8. The number of rotatable bonds is 12. The molecule has 0 radical (unpaired) electrons. The molecule has 0 aromatic heterocycles. The smallest absolute Gasteiger partial charge is 0.304 e. The largest absolute Gasteiger partial charge is 0.493 e. The van der Waals surface area contributed by atoms with Crippen LogP contribution in [0.5, 0.6) is 5.75 Å². The van der Waals surface area contributed by atoms with Crippen LogP contribution in [0.3, 0.4) is 0 Å². The molecule has 4 heteroatoms. The van der Waals surface area contributed by atoms with Gasteiger partial charge >= 0.3 is 5.97 Å². The number of ether oxygens (including phenoxy) is 1. The fourth-order valence-electron chi connectivity index (χ4n) is 2.47. The fraction of sp³-hybridized carbons (Fsp3) is 0.611. The Labute approximate surface area is 133 Å². The minimum atomic E-state index is -0.773. The van der Waals surface area contributed by atoms with Gasteiger partial charge in [-0.05, 0) is 36.5 Å². The third-order valence-corrected chi connectivity index (χ3v) is 3.65. The van der Waals surface area contributed by atoms with E-state index in [-0.39, 0.29) is 6.42 Å². The van der Waals surface area contributed by atoms with E-state index in [9.17, 15) is 4.79 Å². The molecule has 4 nitrogen and oxygen atoms in total. The van der Waals surface area contributed by atoms with Gasteiger partial charge in [0, 0.05) is 13.1 Å². The van der Waals surface area contributed by atoms with Crippen molar-refractivity contribution in [1.82, 2.24) is 5.32 Å². The van der Waals surface area contributed by atoms with Crippen LogP contribution < -0.4 is 10.1 Å². The maximum atomic E-state index is 10.4. The molecule has 22 heavy (non-hydrogen) atoms. The van der Waals surface area contributed by atoms with Gasteiger partial charge in [-0.15, -0.1) is 0 Å². The van der Waals surface area contributed by atoms with Gasteiger partial charge < -0.3 is 15.2 Å². The molecule has 0 aliphatic heterocycles. The summed E-state index contributed by atoms with van der Waals surface area (Å²) >= 11 is 0. The van der Waals surface area contributed by atoms with Gasteiger partial charge in [-0.2, -0.15) is 0 Å². The molecule has 0 aliphatic carbocycles. The zero-order valence-electron chi connectivity index (χ0n) is 13.8. The molecule has 1 rings (SSSR count). The van der Waals surface area contributed by atoms with Gasteiger partial charge in [0.1, 0.15) is 5.75 Å². The molecule has 2 N–H and O–H groups in total. The summed E-state index contributed by atoms with van der Waals surface area (Å²) in [5, 5.41) is 11.7. The maximum Gasteiger partial charge on any atom is 0.304 e. The number of carbonyl (C=O) groups is 1. The summed E-state index contributed by atoms with van der Waals surface area (Å²) < 4.78 is 5.89. The SMILES string of the molecule is CCCC(CCC)COc1ccc(CNCCC(=O)O)cc1. The number of hydrogen-bond donors (Lipinski definition) is 2. The molecule has 0 saturated carbocycles. The van der Waals surface area contributed by atoms with Crippen molar-refractivity contribution >= 4 is 5.97 Å². The molecule has 0 unspecified atom stereocenters. The lowest BCUT2D eigenvalue weighted by Gasteiger charge is -2.16. The first kappa shape index (κ1) is 18.5. The van der Waals surface area contributed by atoms with Gasteiger partial charge in [-0.25, -0.2) is 0 Å². The quantitative estimate of drug-likeness (QED) is 0.576. The Kier molecular flexibility index (Phi) is 9.31. The molecule has 0 saturated heterocycles. The van der Waals surface area contributed by atoms with Crippen LogP contribution in [0.15, 0.2) is 24.3 Å². The lowest BCUT2D eigenvalue weighted by Crippen LogP contribution is -2.17. The fourth-order valence-corrected chi connectivity index (χ4v) is 2.47. The second kappa shape index (κ2) is 11.1. The summed E-state index contributed by atoms with van der Waals surface area (Å²) in [5.74, 6) is 0.781. The number of aliphatic carboxylic acids is 1. The van der Waals surface area contributed by atoms with Crippen molar-refractivity contribution in [1.29, 1.82) is 0 Å². The summed E-state index contributed by atoms with van der Waals surface area (Å²) in [4.78, 5) is 10.4. The number of carboxylic acid groups (broad SMARTS) is 1. The van der Waals surface area contributed by atoms with Crippen LogP contribution in [0, 0.1) is 5.92 Å². The maximum absolute atomic E-state index is 10.4. The van der Waals surface area contributed by atoms with Gasteiger partial charge in [-0.3, -0.25) is 4.79 Å².